The molecule has 0 aliphatic heterocycles. The molecule has 0 atom stereocenters. The molecule has 0 bridgehead atoms. The lowest BCUT2D eigenvalue weighted by molar-refractivity contribution is 0.922. The number of anilines is 2. The van der Waals surface area contributed by atoms with E-state index in [-0.39, 0.29) is 0 Å². The van der Waals surface area contributed by atoms with Crippen LogP contribution in [0.3, 0.4) is 0 Å². The lowest BCUT2D eigenvalue weighted by Gasteiger charge is -2.30. The molecule has 48 heavy (non-hydrogen) atoms. The Morgan fingerprint density at radius 1 is 0.562 bits per heavy atom. The molecule has 2 heterocycles. The van der Waals surface area contributed by atoms with Gasteiger partial charge in [0.25, 0.3) is 0 Å². The smallest absolute Gasteiger partial charge is 0.145 e. The fourth-order valence-electron chi connectivity index (χ4n) is 6.39. The molecule has 0 saturated carbocycles. The Kier molecular flexibility index (Phi) is 7.71. The summed E-state index contributed by atoms with van der Waals surface area (Å²) < 4.78 is 2.22. The highest BCUT2D eigenvalue weighted by atomic mass is 15.1. The summed E-state index contributed by atoms with van der Waals surface area (Å²) in [7, 11) is 0. The summed E-state index contributed by atoms with van der Waals surface area (Å²) in [5.74, 6) is 0.912. The van der Waals surface area contributed by atoms with Crippen molar-refractivity contribution in [1.29, 1.82) is 0 Å². The van der Waals surface area contributed by atoms with E-state index in [0.29, 0.717) is 0 Å². The number of aromatic nitrogens is 4. The van der Waals surface area contributed by atoms with Gasteiger partial charge in [0.2, 0.25) is 0 Å². The zero-order chi connectivity index (χ0) is 32.5. The average molecular weight is 622 g/mol. The number of fused-ring (bicyclic) bond motifs is 1. The minimum absolute atomic E-state index is 0.847. The first kappa shape index (κ1) is 29.3. The average Bonchev–Trinajstić information content (AvgIpc) is 3.54. The maximum absolute atomic E-state index is 5.00. The van der Waals surface area contributed by atoms with Gasteiger partial charge < -0.3 is 4.90 Å². The Hall–Kier alpha value is -6.07. The molecule has 0 N–H and O–H groups in total. The molecule has 5 heteroatoms. The highest BCUT2D eigenvalue weighted by molar-refractivity contribution is 5.83. The van der Waals surface area contributed by atoms with E-state index >= 15 is 0 Å². The minimum Gasteiger partial charge on any atom is -0.314 e. The molecule has 7 aromatic rings. The van der Waals surface area contributed by atoms with Gasteiger partial charge in [-0.05, 0) is 86.9 Å². The third-order valence-corrected chi connectivity index (χ3v) is 8.99. The Morgan fingerprint density at radius 2 is 1.17 bits per heavy atom. The number of hydrogen-bond acceptors (Lipinski definition) is 4. The maximum atomic E-state index is 5.00. The van der Waals surface area contributed by atoms with E-state index in [2.05, 4.69) is 151 Å². The Balaban J connectivity index is 1.05. The SMILES string of the molecule is Cc1ccc(N(C2=CC=C(c3cnc(-c4ccc(-c5nc6ccccc6n5-c5ccccc5)cc4)cn3)CC2)c2ccc(C)cc2)cc1. The Bertz CT molecular complexity index is 2220. The van der Waals surface area contributed by atoms with E-state index in [1.54, 1.807) is 0 Å². The van der Waals surface area contributed by atoms with Crippen molar-refractivity contribution >= 4 is 28.0 Å². The first-order valence-corrected chi connectivity index (χ1v) is 16.4. The van der Waals surface area contributed by atoms with Crippen molar-refractivity contribution in [1.82, 2.24) is 19.5 Å². The van der Waals surface area contributed by atoms with Gasteiger partial charge in [0.15, 0.2) is 0 Å². The van der Waals surface area contributed by atoms with Crippen molar-refractivity contribution in [2.45, 2.75) is 26.7 Å². The first-order valence-electron chi connectivity index (χ1n) is 16.4. The van der Waals surface area contributed by atoms with Gasteiger partial charge in [-0.15, -0.1) is 0 Å². The summed E-state index contributed by atoms with van der Waals surface area (Å²) in [5.41, 5.74) is 14.3. The number of para-hydroxylation sites is 3. The Morgan fingerprint density at radius 3 is 1.79 bits per heavy atom. The largest absolute Gasteiger partial charge is 0.314 e. The zero-order valence-electron chi connectivity index (χ0n) is 27.1. The molecule has 0 spiro atoms. The van der Waals surface area contributed by atoms with Crippen LogP contribution in [0.15, 0.2) is 158 Å². The summed E-state index contributed by atoms with van der Waals surface area (Å²) in [6, 6.07) is 44.6. The molecule has 0 fully saturated rings. The van der Waals surface area contributed by atoms with Crippen LogP contribution < -0.4 is 4.90 Å². The molecule has 5 aromatic carbocycles. The quantitative estimate of drug-likeness (QED) is 0.178. The van der Waals surface area contributed by atoms with Crippen molar-refractivity contribution in [2.75, 3.05) is 4.90 Å². The van der Waals surface area contributed by atoms with Crippen LogP contribution in [0.5, 0.6) is 0 Å². The third-order valence-electron chi connectivity index (χ3n) is 8.99. The molecule has 0 radical (unpaired) electrons. The number of allylic oxidation sites excluding steroid dienone is 4. The van der Waals surface area contributed by atoms with Gasteiger partial charge in [0.1, 0.15) is 5.82 Å². The van der Waals surface area contributed by atoms with Gasteiger partial charge >= 0.3 is 0 Å². The minimum atomic E-state index is 0.847. The van der Waals surface area contributed by atoms with Gasteiger partial charge in [-0.1, -0.05) is 96.1 Å². The van der Waals surface area contributed by atoms with Crippen LogP contribution in [0.4, 0.5) is 11.4 Å². The first-order chi connectivity index (χ1) is 23.6. The highest BCUT2D eigenvalue weighted by Gasteiger charge is 2.19. The zero-order valence-corrected chi connectivity index (χ0v) is 27.1. The second-order valence-electron chi connectivity index (χ2n) is 12.3. The second kappa shape index (κ2) is 12.6. The maximum Gasteiger partial charge on any atom is 0.145 e. The lowest BCUT2D eigenvalue weighted by Crippen LogP contribution is -2.18. The van der Waals surface area contributed by atoms with E-state index in [4.69, 9.17) is 15.0 Å². The fourth-order valence-corrected chi connectivity index (χ4v) is 6.39. The van der Waals surface area contributed by atoms with Crippen LogP contribution in [0.2, 0.25) is 0 Å². The van der Waals surface area contributed by atoms with Gasteiger partial charge in [-0.2, -0.15) is 0 Å². The van der Waals surface area contributed by atoms with E-state index in [0.717, 1.165) is 57.9 Å². The number of nitrogens with zero attached hydrogens (tertiary/aromatic N) is 5. The molecule has 5 nitrogen and oxygen atoms in total. The third kappa shape index (κ3) is 5.71. The predicted octanol–water partition coefficient (Wildman–Crippen LogP) is 10.7. The molecular weight excluding hydrogens is 587 g/mol. The van der Waals surface area contributed by atoms with E-state index in [1.165, 1.54) is 33.8 Å². The summed E-state index contributed by atoms with van der Waals surface area (Å²) in [5, 5.41) is 0. The van der Waals surface area contributed by atoms with Gasteiger partial charge in [0.05, 0.1) is 34.8 Å². The van der Waals surface area contributed by atoms with Crippen LogP contribution in [-0.4, -0.2) is 19.5 Å². The molecule has 1 aliphatic rings. The second-order valence-corrected chi connectivity index (χ2v) is 12.3. The van der Waals surface area contributed by atoms with Crippen LogP contribution in [0, 0.1) is 13.8 Å². The molecule has 232 valence electrons. The van der Waals surface area contributed by atoms with Crippen molar-refractivity contribution in [3.8, 4) is 28.3 Å². The molecule has 1 aliphatic carbocycles. The molecule has 8 rings (SSSR count). The van der Waals surface area contributed by atoms with Gasteiger partial charge in [0, 0.05) is 33.9 Å². The van der Waals surface area contributed by atoms with Crippen LogP contribution in [-0.2, 0) is 0 Å². The molecule has 0 saturated heterocycles. The van der Waals surface area contributed by atoms with E-state index in [9.17, 15) is 0 Å². The summed E-state index contributed by atoms with van der Waals surface area (Å²) in [6.07, 6.45) is 10.0. The summed E-state index contributed by atoms with van der Waals surface area (Å²) in [4.78, 5) is 17.1. The van der Waals surface area contributed by atoms with Crippen molar-refractivity contribution < 1.29 is 0 Å². The van der Waals surface area contributed by atoms with E-state index in [1.807, 2.05) is 24.5 Å². The van der Waals surface area contributed by atoms with Crippen LogP contribution in [0.25, 0.3) is 44.9 Å². The highest BCUT2D eigenvalue weighted by Crippen LogP contribution is 2.36. The summed E-state index contributed by atoms with van der Waals surface area (Å²) in [6.45, 7) is 4.25. The van der Waals surface area contributed by atoms with Gasteiger partial charge in [-0.25, -0.2) is 4.98 Å². The number of rotatable bonds is 7. The topological polar surface area (TPSA) is 46.8 Å². The standard InChI is InChI=1S/C43H35N5/c1-30-12-22-36(23-13-30)47(37-24-14-31(2)15-25-37)38-26-20-33(21-27-38)41-29-44-40(28-45-41)32-16-18-34(19-17-32)43-46-39-10-6-7-11-42(39)48(43)35-8-4-3-5-9-35/h3-20,22-26,28-29H,21,27H2,1-2H3. The van der Waals surface area contributed by atoms with E-state index < -0.39 is 0 Å². The fraction of sp³-hybridized carbons (Fsp3) is 0.0930. The molecule has 2 aromatic heterocycles. The molecule has 0 amide bonds. The number of benzene rings is 5. The number of imidazole rings is 1. The van der Waals surface area contributed by atoms with Crippen molar-refractivity contribution in [2.24, 2.45) is 0 Å². The Labute approximate surface area is 281 Å². The number of aryl methyl sites for hydroxylation is 2. The van der Waals surface area contributed by atoms with Crippen LogP contribution in [0.1, 0.15) is 29.7 Å². The van der Waals surface area contributed by atoms with Gasteiger partial charge in [-0.3, -0.25) is 14.5 Å². The monoisotopic (exact) mass is 621 g/mol. The molecular formula is C43H35N5. The van der Waals surface area contributed by atoms with Crippen LogP contribution >= 0.6 is 0 Å². The van der Waals surface area contributed by atoms with Crippen molar-refractivity contribution in [3.05, 3.63) is 174 Å². The van der Waals surface area contributed by atoms with Crippen molar-refractivity contribution in [3.63, 3.8) is 0 Å². The lowest BCUT2D eigenvalue weighted by atomic mass is 9.98. The number of hydrogen-bond donors (Lipinski definition) is 0. The predicted molar refractivity (Wildman–Crippen MR) is 197 cm³/mol. The normalized spacial score (nSPS) is 12.9. The summed E-state index contributed by atoms with van der Waals surface area (Å²) >= 11 is 0. The molecule has 0 unspecified atom stereocenters.